The number of aromatic nitrogens is 1. The fourth-order valence-corrected chi connectivity index (χ4v) is 3.09. The van der Waals surface area contributed by atoms with E-state index < -0.39 is 0 Å². The average molecular weight is 348 g/mol. The minimum atomic E-state index is 0.0430. The molecule has 1 heterocycles. The lowest BCUT2D eigenvalue weighted by atomic mass is 10.00. The Morgan fingerprint density at radius 2 is 1.92 bits per heavy atom. The molecular weight excluding hydrogens is 324 g/mol. The van der Waals surface area contributed by atoms with Gasteiger partial charge in [0.2, 0.25) is 5.91 Å². The van der Waals surface area contributed by atoms with Gasteiger partial charge in [-0.2, -0.15) is 0 Å². The number of hydrogen-bond donors (Lipinski definition) is 1. The van der Waals surface area contributed by atoms with E-state index in [0.717, 1.165) is 33.5 Å². The first-order valence-electron chi connectivity index (χ1n) is 8.95. The van der Waals surface area contributed by atoms with Crippen molar-refractivity contribution >= 4 is 16.8 Å². The summed E-state index contributed by atoms with van der Waals surface area (Å²) in [4.78, 5) is 16.5. The lowest BCUT2D eigenvalue weighted by Gasteiger charge is -2.11. The number of carbonyl (C=O) groups excluding carboxylic acids is 1. The van der Waals surface area contributed by atoms with Crippen LogP contribution in [-0.2, 0) is 11.2 Å². The van der Waals surface area contributed by atoms with Gasteiger partial charge >= 0.3 is 0 Å². The SMILES string of the molecule is CCOc1ccc(-c2cc(C)c3cccc(CCC(=O)NC)c3n2)cc1. The van der Waals surface area contributed by atoms with E-state index in [9.17, 15) is 4.79 Å². The van der Waals surface area contributed by atoms with Crippen molar-refractivity contribution in [3.63, 3.8) is 0 Å². The van der Waals surface area contributed by atoms with Crippen LogP contribution in [0.25, 0.3) is 22.2 Å². The van der Waals surface area contributed by atoms with Gasteiger partial charge in [-0.3, -0.25) is 4.79 Å². The molecule has 0 atom stereocenters. The number of rotatable bonds is 6. The number of aryl methyl sites for hydroxylation is 2. The fraction of sp³-hybridized carbons (Fsp3) is 0.273. The van der Waals surface area contributed by atoms with Gasteiger partial charge in [0, 0.05) is 24.4 Å². The predicted molar refractivity (Wildman–Crippen MR) is 105 cm³/mol. The van der Waals surface area contributed by atoms with Crippen LogP contribution in [0.15, 0.2) is 48.5 Å². The molecular formula is C22H24N2O2. The van der Waals surface area contributed by atoms with E-state index in [1.54, 1.807) is 7.05 Å². The number of amides is 1. The van der Waals surface area contributed by atoms with Crippen LogP contribution >= 0.6 is 0 Å². The summed E-state index contributed by atoms with van der Waals surface area (Å²) in [6.45, 7) is 4.73. The van der Waals surface area contributed by atoms with Crippen molar-refractivity contribution in [2.75, 3.05) is 13.7 Å². The first kappa shape index (κ1) is 17.9. The first-order valence-corrected chi connectivity index (χ1v) is 8.95. The van der Waals surface area contributed by atoms with Gasteiger partial charge < -0.3 is 10.1 Å². The van der Waals surface area contributed by atoms with Crippen molar-refractivity contribution in [3.05, 3.63) is 59.7 Å². The van der Waals surface area contributed by atoms with E-state index in [0.29, 0.717) is 19.4 Å². The topological polar surface area (TPSA) is 51.2 Å². The summed E-state index contributed by atoms with van der Waals surface area (Å²) >= 11 is 0. The number of fused-ring (bicyclic) bond motifs is 1. The third kappa shape index (κ3) is 3.85. The van der Waals surface area contributed by atoms with Crippen LogP contribution < -0.4 is 10.1 Å². The van der Waals surface area contributed by atoms with Crippen molar-refractivity contribution in [1.29, 1.82) is 0 Å². The molecule has 4 nitrogen and oxygen atoms in total. The molecule has 3 rings (SSSR count). The quantitative estimate of drug-likeness (QED) is 0.723. The molecule has 0 saturated carbocycles. The molecule has 0 aliphatic carbocycles. The Labute approximate surface area is 154 Å². The second-order valence-electron chi connectivity index (χ2n) is 6.27. The largest absolute Gasteiger partial charge is 0.494 e. The summed E-state index contributed by atoms with van der Waals surface area (Å²) in [5.41, 5.74) is 5.24. The second kappa shape index (κ2) is 8.00. The third-order valence-electron chi connectivity index (χ3n) is 4.49. The lowest BCUT2D eigenvalue weighted by Crippen LogP contribution is -2.18. The number of hydrogen-bond acceptors (Lipinski definition) is 3. The van der Waals surface area contributed by atoms with Crippen LogP contribution in [0, 0.1) is 6.92 Å². The summed E-state index contributed by atoms with van der Waals surface area (Å²) in [6, 6.07) is 16.3. The number of nitrogens with zero attached hydrogens (tertiary/aromatic N) is 1. The number of para-hydroxylation sites is 1. The number of benzene rings is 2. The highest BCUT2D eigenvalue weighted by Crippen LogP contribution is 2.28. The molecule has 1 amide bonds. The number of ether oxygens (including phenoxy) is 1. The van der Waals surface area contributed by atoms with Crippen LogP contribution in [0.4, 0.5) is 0 Å². The van der Waals surface area contributed by atoms with Crippen LogP contribution in [0.1, 0.15) is 24.5 Å². The van der Waals surface area contributed by atoms with Gasteiger partial charge in [-0.05, 0) is 61.7 Å². The maximum Gasteiger partial charge on any atom is 0.220 e. The molecule has 2 aromatic carbocycles. The predicted octanol–water partition coefficient (Wildman–Crippen LogP) is 4.29. The molecule has 0 bridgehead atoms. The van der Waals surface area contributed by atoms with Crippen LogP contribution in [-0.4, -0.2) is 24.5 Å². The normalized spacial score (nSPS) is 10.7. The van der Waals surface area contributed by atoms with Crippen molar-refractivity contribution in [3.8, 4) is 17.0 Å². The standard InChI is InChI=1S/C22H24N2O2/c1-4-26-18-11-8-16(9-12-18)20-14-15(2)19-7-5-6-17(22(19)24-20)10-13-21(25)23-3/h5-9,11-12,14H,4,10,13H2,1-3H3,(H,23,25). The number of pyridine rings is 1. The smallest absolute Gasteiger partial charge is 0.220 e. The summed E-state index contributed by atoms with van der Waals surface area (Å²) in [5, 5.41) is 3.81. The highest BCUT2D eigenvalue weighted by molar-refractivity contribution is 5.88. The molecule has 0 aliphatic heterocycles. The van der Waals surface area contributed by atoms with Gasteiger partial charge in [0.15, 0.2) is 0 Å². The van der Waals surface area contributed by atoms with E-state index >= 15 is 0 Å². The Morgan fingerprint density at radius 3 is 2.62 bits per heavy atom. The van der Waals surface area contributed by atoms with Crippen molar-refractivity contribution in [2.24, 2.45) is 0 Å². The molecule has 3 aromatic rings. The maximum absolute atomic E-state index is 11.6. The average Bonchev–Trinajstić information content (AvgIpc) is 2.67. The van der Waals surface area contributed by atoms with Crippen LogP contribution in [0.2, 0.25) is 0 Å². The zero-order valence-electron chi connectivity index (χ0n) is 15.5. The summed E-state index contributed by atoms with van der Waals surface area (Å²) in [7, 11) is 1.66. The van der Waals surface area contributed by atoms with Crippen molar-refractivity contribution < 1.29 is 9.53 Å². The molecule has 1 N–H and O–H groups in total. The van der Waals surface area contributed by atoms with E-state index in [2.05, 4.69) is 30.4 Å². The molecule has 0 spiro atoms. The monoisotopic (exact) mass is 348 g/mol. The van der Waals surface area contributed by atoms with Crippen molar-refractivity contribution in [1.82, 2.24) is 10.3 Å². The summed E-state index contributed by atoms with van der Waals surface area (Å²) in [6.07, 6.45) is 1.14. The molecule has 26 heavy (non-hydrogen) atoms. The molecule has 0 radical (unpaired) electrons. The van der Waals surface area contributed by atoms with Gasteiger partial charge in [-0.25, -0.2) is 4.98 Å². The lowest BCUT2D eigenvalue weighted by molar-refractivity contribution is -0.120. The van der Waals surface area contributed by atoms with Crippen LogP contribution in [0.5, 0.6) is 5.75 Å². The molecule has 0 unspecified atom stereocenters. The van der Waals surface area contributed by atoms with E-state index in [1.165, 1.54) is 5.56 Å². The Balaban J connectivity index is 2.00. The fourth-order valence-electron chi connectivity index (χ4n) is 3.09. The third-order valence-corrected chi connectivity index (χ3v) is 4.49. The number of nitrogens with one attached hydrogen (secondary N) is 1. The molecule has 0 aliphatic rings. The molecule has 0 saturated heterocycles. The van der Waals surface area contributed by atoms with E-state index in [1.807, 2.05) is 37.3 Å². The molecule has 134 valence electrons. The van der Waals surface area contributed by atoms with Gasteiger partial charge in [0.05, 0.1) is 17.8 Å². The van der Waals surface area contributed by atoms with Crippen molar-refractivity contribution in [2.45, 2.75) is 26.7 Å². The molecule has 4 heteroatoms. The Bertz CT molecular complexity index is 917. The highest BCUT2D eigenvalue weighted by atomic mass is 16.5. The number of carbonyl (C=O) groups is 1. The van der Waals surface area contributed by atoms with Gasteiger partial charge in [-0.1, -0.05) is 18.2 Å². The molecule has 1 aromatic heterocycles. The molecule has 0 fully saturated rings. The Kier molecular flexibility index (Phi) is 5.52. The second-order valence-corrected chi connectivity index (χ2v) is 6.27. The van der Waals surface area contributed by atoms with Gasteiger partial charge in [0.25, 0.3) is 0 Å². The van der Waals surface area contributed by atoms with E-state index in [-0.39, 0.29) is 5.91 Å². The minimum absolute atomic E-state index is 0.0430. The first-order chi connectivity index (χ1) is 12.6. The summed E-state index contributed by atoms with van der Waals surface area (Å²) < 4.78 is 5.52. The van der Waals surface area contributed by atoms with E-state index in [4.69, 9.17) is 9.72 Å². The highest BCUT2D eigenvalue weighted by Gasteiger charge is 2.10. The van der Waals surface area contributed by atoms with Gasteiger partial charge in [-0.15, -0.1) is 0 Å². The Morgan fingerprint density at radius 1 is 1.15 bits per heavy atom. The Hall–Kier alpha value is -2.88. The minimum Gasteiger partial charge on any atom is -0.494 e. The summed E-state index contributed by atoms with van der Waals surface area (Å²) in [5.74, 6) is 0.904. The maximum atomic E-state index is 11.6. The zero-order valence-corrected chi connectivity index (χ0v) is 15.5. The van der Waals surface area contributed by atoms with Gasteiger partial charge in [0.1, 0.15) is 5.75 Å². The van der Waals surface area contributed by atoms with Crippen LogP contribution in [0.3, 0.4) is 0 Å². The zero-order chi connectivity index (χ0) is 18.5.